The molecule has 0 radical (unpaired) electrons. The van der Waals surface area contributed by atoms with Gasteiger partial charge in [-0.25, -0.2) is 0 Å². The van der Waals surface area contributed by atoms with Crippen LogP contribution in [0.4, 0.5) is 0 Å². The minimum absolute atomic E-state index is 0.355. The zero-order chi connectivity index (χ0) is 9.68. The lowest BCUT2D eigenvalue weighted by atomic mass is 10.1. The molecule has 0 saturated heterocycles. The van der Waals surface area contributed by atoms with E-state index in [1.165, 1.54) is 24.4 Å². The molecule has 1 rings (SSSR count). The lowest BCUT2D eigenvalue weighted by Crippen LogP contribution is -1.96. The van der Waals surface area contributed by atoms with E-state index >= 15 is 0 Å². The van der Waals surface area contributed by atoms with Crippen molar-refractivity contribution in [1.82, 2.24) is 9.59 Å². The van der Waals surface area contributed by atoms with E-state index in [4.69, 9.17) is 0 Å². The standard InChI is InChI=1S/C9H16N2OS/c1-3-4-5-6-8(12)9-7(2)10-11-13-9/h8,12H,3-6H2,1-2H3. The molecular weight excluding hydrogens is 184 g/mol. The molecule has 0 fully saturated rings. The monoisotopic (exact) mass is 200 g/mol. The fourth-order valence-electron chi connectivity index (χ4n) is 1.26. The van der Waals surface area contributed by atoms with Gasteiger partial charge in [0.05, 0.1) is 16.7 Å². The number of hydrogen-bond donors (Lipinski definition) is 1. The number of aliphatic hydroxyl groups excluding tert-OH is 1. The molecule has 3 nitrogen and oxygen atoms in total. The third-order valence-electron chi connectivity index (χ3n) is 2.07. The Bertz CT molecular complexity index is 250. The van der Waals surface area contributed by atoms with Crippen LogP contribution in [0.25, 0.3) is 0 Å². The summed E-state index contributed by atoms with van der Waals surface area (Å²) in [5.74, 6) is 0. The number of aryl methyl sites for hydroxylation is 1. The number of rotatable bonds is 5. The highest BCUT2D eigenvalue weighted by atomic mass is 32.1. The van der Waals surface area contributed by atoms with Crippen LogP contribution in [-0.2, 0) is 0 Å². The molecule has 1 N–H and O–H groups in total. The summed E-state index contributed by atoms with van der Waals surface area (Å²) in [6, 6.07) is 0. The molecule has 1 atom stereocenters. The number of aliphatic hydroxyl groups is 1. The van der Waals surface area contributed by atoms with Crippen LogP contribution in [0.3, 0.4) is 0 Å². The van der Waals surface area contributed by atoms with Crippen molar-refractivity contribution in [3.63, 3.8) is 0 Å². The molecule has 0 aliphatic rings. The Morgan fingerprint density at radius 1 is 1.46 bits per heavy atom. The molecular formula is C9H16N2OS. The van der Waals surface area contributed by atoms with Crippen molar-refractivity contribution in [2.24, 2.45) is 0 Å². The van der Waals surface area contributed by atoms with E-state index in [9.17, 15) is 5.11 Å². The fraction of sp³-hybridized carbons (Fsp3) is 0.778. The van der Waals surface area contributed by atoms with Crippen LogP contribution >= 0.6 is 11.5 Å². The molecule has 0 aromatic carbocycles. The summed E-state index contributed by atoms with van der Waals surface area (Å²) < 4.78 is 3.80. The van der Waals surface area contributed by atoms with Crippen molar-refractivity contribution in [3.05, 3.63) is 10.6 Å². The Labute approximate surface area is 83.0 Å². The van der Waals surface area contributed by atoms with Gasteiger partial charge in [0.2, 0.25) is 0 Å². The second-order valence-electron chi connectivity index (χ2n) is 3.23. The average Bonchev–Trinajstić information content (AvgIpc) is 2.52. The third-order valence-corrected chi connectivity index (χ3v) is 3.00. The van der Waals surface area contributed by atoms with Crippen LogP contribution in [0.15, 0.2) is 0 Å². The van der Waals surface area contributed by atoms with E-state index < -0.39 is 0 Å². The number of hydrogen-bond acceptors (Lipinski definition) is 4. The van der Waals surface area contributed by atoms with Crippen molar-refractivity contribution in [1.29, 1.82) is 0 Å². The molecule has 74 valence electrons. The quantitative estimate of drug-likeness (QED) is 0.743. The maximum Gasteiger partial charge on any atom is 0.0917 e. The zero-order valence-electron chi connectivity index (χ0n) is 8.16. The first-order valence-electron chi connectivity index (χ1n) is 4.72. The fourth-order valence-corrected chi connectivity index (χ4v) is 1.93. The molecule has 1 unspecified atom stereocenters. The van der Waals surface area contributed by atoms with Crippen molar-refractivity contribution >= 4 is 11.5 Å². The van der Waals surface area contributed by atoms with Gasteiger partial charge in [0.1, 0.15) is 0 Å². The van der Waals surface area contributed by atoms with Crippen molar-refractivity contribution in [3.8, 4) is 0 Å². The van der Waals surface area contributed by atoms with E-state index in [1.54, 1.807) is 0 Å². The first-order valence-corrected chi connectivity index (χ1v) is 5.50. The summed E-state index contributed by atoms with van der Waals surface area (Å²) in [6.45, 7) is 4.05. The largest absolute Gasteiger partial charge is 0.387 e. The lowest BCUT2D eigenvalue weighted by Gasteiger charge is -2.07. The second-order valence-corrected chi connectivity index (χ2v) is 4.02. The molecule has 0 bridgehead atoms. The molecule has 0 aliphatic heterocycles. The summed E-state index contributed by atoms with van der Waals surface area (Å²) in [4.78, 5) is 0.927. The van der Waals surface area contributed by atoms with Gasteiger partial charge >= 0.3 is 0 Å². The van der Waals surface area contributed by atoms with Crippen LogP contribution in [0.5, 0.6) is 0 Å². The average molecular weight is 200 g/mol. The minimum Gasteiger partial charge on any atom is -0.387 e. The molecule has 0 amide bonds. The van der Waals surface area contributed by atoms with E-state index in [2.05, 4.69) is 16.5 Å². The molecule has 0 spiro atoms. The van der Waals surface area contributed by atoms with Crippen molar-refractivity contribution in [2.45, 2.75) is 45.6 Å². The Hall–Kier alpha value is -0.480. The van der Waals surface area contributed by atoms with Crippen LogP contribution < -0.4 is 0 Å². The topological polar surface area (TPSA) is 46.0 Å². The van der Waals surface area contributed by atoms with E-state index in [1.807, 2.05) is 6.92 Å². The van der Waals surface area contributed by atoms with Gasteiger partial charge in [0.15, 0.2) is 0 Å². The van der Waals surface area contributed by atoms with Crippen LogP contribution in [0.1, 0.15) is 49.3 Å². The maximum absolute atomic E-state index is 9.75. The van der Waals surface area contributed by atoms with Crippen LogP contribution in [-0.4, -0.2) is 14.7 Å². The zero-order valence-corrected chi connectivity index (χ0v) is 8.97. The number of unbranched alkanes of at least 4 members (excludes halogenated alkanes) is 2. The molecule has 4 heteroatoms. The van der Waals surface area contributed by atoms with Gasteiger partial charge in [-0.1, -0.05) is 30.7 Å². The summed E-state index contributed by atoms with van der Waals surface area (Å²) in [7, 11) is 0. The maximum atomic E-state index is 9.75. The Kier molecular flexibility index (Phi) is 4.32. The van der Waals surface area contributed by atoms with Gasteiger partial charge in [0, 0.05) is 0 Å². The summed E-state index contributed by atoms with van der Waals surface area (Å²) in [5, 5.41) is 13.6. The van der Waals surface area contributed by atoms with Gasteiger partial charge in [-0.15, -0.1) is 5.10 Å². The summed E-state index contributed by atoms with van der Waals surface area (Å²) in [5.41, 5.74) is 0.869. The highest BCUT2D eigenvalue weighted by Gasteiger charge is 2.13. The van der Waals surface area contributed by atoms with E-state index in [-0.39, 0.29) is 6.10 Å². The predicted octanol–water partition coefficient (Wildman–Crippen LogP) is 2.46. The minimum atomic E-state index is -0.355. The summed E-state index contributed by atoms with van der Waals surface area (Å²) in [6.07, 6.45) is 3.93. The highest BCUT2D eigenvalue weighted by Crippen LogP contribution is 2.24. The molecule has 0 aliphatic carbocycles. The molecule has 1 aromatic heterocycles. The molecule has 1 aromatic rings. The molecule has 0 saturated carbocycles. The third kappa shape index (κ3) is 3.04. The lowest BCUT2D eigenvalue weighted by molar-refractivity contribution is 0.166. The Morgan fingerprint density at radius 2 is 2.23 bits per heavy atom. The van der Waals surface area contributed by atoms with Crippen LogP contribution in [0.2, 0.25) is 0 Å². The van der Waals surface area contributed by atoms with Crippen LogP contribution in [0, 0.1) is 6.92 Å². The van der Waals surface area contributed by atoms with Crippen molar-refractivity contribution in [2.75, 3.05) is 0 Å². The number of nitrogens with zero attached hydrogens (tertiary/aromatic N) is 2. The van der Waals surface area contributed by atoms with Gasteiger partial charge in [0.25, 0.3) is 0 Å². The smallest absolute Gasteiger partial charge is 0.0917 e. The molecule has 13 heavy (non-hydrogen) atoms. The predicted molar refractivity (Wildman–Crippen MR) is 53.7 cm³/mol. The molecule has 1 heterocycles. The number of aromatic nitrogens is 2. The first kappa shape index (κ1) is 10.6. The van der Waals surface area contributed by atoms with E-state index in [0.717, 1.165) is 23.4 Å². The highest BCUT2D eigenvalue weighted by molar-refractivity contribution is 7.05. The van der Waals surface area contributed by atoms with Crippen molar-refractivity contribution < 1.29 is 5.11 Å². The first-order chi connectivity index (χ1) is 6.25. The summed E-state index contributed by atoms with van der Waals surface area (Å²) >= 11 is 1.30. The van der Waals surface area contributed by atoms with Gasteiger partial charge in [-0.3, -0.25) is 0 Å². The SMILES string of the molecule is CCCCCC(O)c1snnc1C. The van der Waals surface area contributed by atoms with E-state index in [0.29, 0.717) is 0 Å². The second kappa shape index (κ2) is 5.29. The van der Waals surface area contributed by atoms with Gasteiger partial charge in [-0.05, 0) is 24.9 Å². The Morgan fingerprint density at radius 3 is 2.77 bits per heavy atom. The Balaban J connectivity index is 2.39. The van der Waals surface area contributed by atoms with Gasteiger partial charge < -0.3 is 5.11 Å². The van der Waals surface area contributed by atoms with Gasteiger partial charge in [-0.2, -0.15) is 0 Å². The normalized spacial score (nSPS) is 13.2.